The Balaban J connectivity index is 1.52. The molecule has 0 N–H and O–H groups in total. The molecule has 2 amide bonds. The summed E-state index contributed by atoms with van der Waals surface area (Å²) in [4.78, 5) is 28.9. The topological polar surface area (TPSA) is 49.9 Å². The Morgan fingerprint density at radius 3 is 2.61 bits per heavy atom. The minimum atomic E-state index is 0.108. The molecule has 6 heteroatoms. The molecule has 1 aromatic rings. The van der Waals surface area contributed by atoms with Crippen LogP contribution in [-0.4, -0.2) is 61.0 Å². The Morgan fingerprint density at radius 2 is 1.87 bits per heavy atom. The molecule has 2 fully saturated rings. The number of carbonyl (C=O) groups excluding carboxylic acids is 2. The first-order valence-corrected chi connectivity index (χ1v) is 9.33. The Bertz CT molecular complexity index is 526. The van der Waals surface area contributed by atoms with E-state index in [9.17, 15) is 9.59 Å². The molecule has 3 rings (SSSR count). The van der Waals surface area contributed by atoms with E-state index in [1.54, 1.807) is 11.3 Å². The maximum atomic E-state index is 12.6. The van der Waals surface area contributed by atoms with Crippen molar-refractivity contribution in [3.8, 4) is 0 Å². The molecular weight excluding hydrogens is 312 g/mol. The Labute approximate surface area is 141 Å². The van der Waals surface area contributed by atoms with Crippen LogP contribution in [0.5, 0.6) is 0 Å². The molecule has 0 unspecified atom stereocenters. The summed E-state index contributed by atoms with van der Waals surface area (Å²) in [5, 5.41) is 4.02. The first-order valence-electron chi connectivity index (χ1n) is 8.39. The highest BCUT2D eigenvalue weighted by Gasteiger charge is 2.28. The number of amides is 2. The van der Waals surface area contributed by atoms with Crippen molar-refractivity contribution in [2.45, 2.75) is 25.7 Å². The van der Waals surface area contributed by atoms with Gasteiger partial charge in [0.05, 0.1) is 6.42 Å². The smallest absolute Gasteiger partial charge is 0.227 e. The zero-order valence-electron chi connectivity index (χ0n) is 13.4. The van der Waals surface area contributed by atoms with Gasteiger partial charge in [-0.3, -0.25) is 9.59 Å². The molecule has 1 aromatic heterocycles. The van der Waals surface area contributed by atoms with Crippen molar-refractivity contribution >= 4 is 23.2 Å². The molecule has 23 heavy (non-hydrogen) atoms. The Kier molecular flexibility index (Phi) is 5.67. The van der Waals surface area contributed by atoms with E-state index in [1.165, 1.54) is 0 Å². The fourth-order valence-corrected chi connectivity index (χ4v) is 3.94. The van der Waals surface area contributed by atoms with Gasteiger partial charge in [-0.25, -0.2) is 0 Å². The zero-order valence-corrected chi connectivity index (χ0v) is 14.2. The second-order valence-electron chi connectivity index (χ2n) is 6.25. The summed E-state index contributed by atoms with van der Waals surface area (Å²) < 4.78 is 5.34. The van der Waals surface area contributed by atoms with Crippen molar-refractivity contribution in [3.63, 3.8) is 0 Å². The van der Waals surface area contributed by atoms with Crippen LogP contribution in [-0.2, 0) is 20.7 Å². The third-order valence-electron chi connectivity index (χ3n) is 4.67. The summed E-state index contributed by atoms with van der Waals surface area (Å²) in [6, 6.07) is 2.00. The summed E-state index contributed by atoms with van der Waals surface area (Å²) in [7, 11) is 0. The van der Waals surface area contributed by atoms with Crippen LogP contribution in [0.25, 0.3) is 0 Å². The molecule has 0 radical (unpaired) electrons. The lowest BCUT2D eigenvalue weighted by molar-refractivity contribution is -0.139. The number of nitrogens with zero attached hydrogens (tertiary/aromatic N) is 2. The quantitative estimate of drug-likeness (QED) is 0.845. The van der Waals surface area contributed by atoms with Gasteiger partial charge in [-0.05, 0) is 41.7 Å². The number of ether oxygens (including phenoxy) is 1. The molecule has 3 heterocycles. The molecule has 2 aliphatic rings. The zero-order chi connectivity index (χ0) is 16.1. The molecule has 126 valence electrons. The molecule has 2 aliphatic heterocycles. The monoisotopic (exact) mass is 336 g/mol. The van der Waals surface area contributed by atoms with E-state index in [0.29, 0.717) is 32.7 Å². The van der Waals surface area contributed by atoms with Crippen molar-refractivity contribution in [1.82, 2.24) is 9.80 Å². The van der Waals surface area contributed by atoms with Gasteiger partial charge in [0.2, 0.25) is 11.8 Å². The van der Waals surface area contributed by atoms with E-state index in [2.05, 4.69) is 0 Å². The van der Waals surface area contributed by atoms with E-state index in [0.717, 1.165) is 37.9 Å². The van der Waals surface area contributed by atoms with Crippen LogP contribution >= 0.6 is 11.3 Å². The van der Waals surface area contributed by atoms with Gasteiger partial charge in [0, 0.05) is 45.3 Å². The van der Waals surface area contributed by atoms with Crippen LogP contribution < -0.4 is 0 Å². The summed E-state index contributed by atoms with van der Waals surface area (Å²) >= 11 is 1.62. The summed E-state index contributed by atoms with van der Waals surface area (Å²) in [5.74, 6) is 0.529. The van der Waals surface area contributed by atoms with Crippen molar-refractivity contribution in [3.05, 3.63) is 22.4 Å². The largest absolute Gasteiger partial charge is 0.381 e. The van der Waals surface area contributed by atoms with Crippen molar-refractivity contribution in [1.29, 1.82) is 0 Å². The van der Waals surface area contributed by atoms with Crippen LogP contribution in [0, 0.1) is 5.92 Å². The van der Waals surface area contributed by atoms with E-state index in [4.69, 9.17) is 4.74 Å². The Hall–Kier alpha value is -1.40. The number of thiophene rings is 1. The number of hydrogen-bond donors (Lipinski definition) is 0. The van der Waals surface area contributed by atoms with Crippen LogP contribution in [0.4, 0.5) is 0 Å². The molecular formula is C17H24N2O3S. The maximum absolute atomic E-state index is 12.6. The van der Waals surface area contributed by atoms with Crippen LogP contribution in [0.15, 0.2) is 16.8 Å². The SMILES string of the molecule is O=C(Cc1ccsc1)N1CCCN(C(=O)C2CCOCC2)CC1. The summed E-state index contributed by atoms with van der Waals surface area (Å²) in [6.07, 6.45) is 2.99. The highest BCUT2D eigenvalue weighted by molar-refractivity contribution is 7.07. The molecule has 0 atom stereocenters. The second kappa shape index (κ2) is 7.93. The van der Waals surface area contributed by atoms with Crippen molar-refractivity contribution in [2.24, 2.45) is 5.92 Å². The first-order chi connectivity index (χ1) is 11.2. The van der Waals surface area contributed by atoms with Crippen LogP contribution in [0.3, 0.4) is 0 Å². The van der Waals surface area contributed by atoms with Crippen molar-refractivity contribution < 1.29 is 14.3 Å². The lowest BCUT2D eigenvalue weighted by atomic mass is 9.98. The minimum Gasteiger partial charge on any atom is -0.381 e. The maximum Gasteiger partial charge on any atom is 0.227 e. The van der Waals surface area contributed by atoms with E-state index >= 15 is 0 Å². The fraction of sp³-hybridized carbons (Fsp3) is 0.647. The normalized spacial score (nSPS) is 20.3. The minimum absolute atomic E-state index is 0.108. The highest BCUT2D eigenvalue weighted by atomic mass is 32.1. The van der Waals surface area contributed by atoms with Crippen LogP contribution in [0.2, 0.25) is 0 Å². The second-order valence-corrected chi connectivity index (χ2v) is 7.03. The standard InChI is InChI=1S/C17H24N2O3S/c20-16(12-14-4-11-23-13-14)18-5-1-6-19(8-7-18)17(21)15-2-9-22-10-3-15/h4,11,13,15H,1-3,5-10,12H2. The number of carbonyl (C=O) groups is 2. The van der Waals surface area contributed by atoms with Gasteiger partial charge in [0.15, 0.2) is 0 Å². The molecule has 0 saturated carbocycles. The van der Waals surface area contributed by atoms with Gasteiger partial charge in [-0.2, -0.15) is 11.3 Å². The number of hydrogen-bond acceptors (Lipinski definition) is 4. The van der Waals surface area contributed by atoms with Crippen LogP contribution in [0.1, 0.15) is 24.8 Å². The van der Waals surface area contributed by atoms with E-state index < -0.39 is 0 Å². The molecule has 0 aliphatic carbocycles. The predicted molar refractivity (Wildman–Crippen MR) is 89.3 cm³/mol. The lowest BCUT2D eigenvalue weighted by Crippen LogP contribution is -2.41. The average molecular weight is 336 g/mol. The van der Waals surface area contributed by atoms with Crippen molar-refractivity contribution in [2.75, 3.05) is 39.4 Å². The lowest BCUT2D eigenvalue weighted by Gasteiger charge is -2.28. The summed E-state index contributed by atoms with van der Waals surface area (Å²) in [5.41, 5.74) is 1.08. The molecule has 2 saturated heterocycles. The Morgan fingerprint density at radius 1 is 1.13 bits per heavy atom. The van der Waals surface area contributed by atoms with Gasteiger partial charge in [0.1, 0.15) is 0 Å². The fourth-order valence-electron chi connectivity index (χ4n) is 3.27. The molecule has 0 bridgehead atoms. The molecule has 0 aromatic carbocycles. The van der Waals surface area contributed by atoms with Gasteiger partial charge < -0.3 is 14.5 Å². The molecule has 5 nitrogen and oxygen atoms in total. The average Bonchev–Trinajstić information content (AvgIpc) is 2.96. The number of rotatable bonds is 3. The summed E-state index contributed by atoms with van der Waals surface area (Å²) in [6.45, 7) is 4.20. The molecule has 0 spiro atoms. The predicted octanol–water partition coefficient (Wildman–Crippen LogP) is 1.78. The van der Waals surface area contributed by atoms with Gasteiger partial charge in [0.25, 0.3) is 0 Å². The first kappa shape index (κ1) is 16.5. The highest BCUT2D eigenvalue weighted by Crippen LogP contribution is 2.19. The third-order valence-corrected chi connectivity index (χ3v) is 5.40. The van der Waals surface area contributed by atoms with Gasteiger partial charge in [-0.15, -0.1) is 0 Å². The van der Waals surface area contributed by atoms with Gasteiger partial charge in [-0.1, -0.05) is 0 Å². The van der Waals surface area contributed by atoms with E-state index in [-0.39, 0.29) is 17.7 Å². The van der Waals surface area contributed by atoms with Gasteiger partial charge >= 0.3 is 0 Å². The third kappa shape index (κ3) is 4.32. The van der Waals surface area contributed by atoms with E-state index in [1.807, 2.05) is 26.6 Å².